The maximum absolute atomic E-state index is 13.4. The van der Waals surface area contributed by atoms with Crippen LogP contribution in [-0.4, -0.2) is 82.9 Å². The number of aryl methyl sites for hydroxylation is 1. The van der Waals surface area contributed by atoms with Crippen molar-refractivity contribution in [2.45, 2.75) is 65.7 Å². The summed E-state index contributed by atoms with van der Waals surface area (Å²) in [5, 5.41) is 4.70. The van der Waals surface area contributed by atoms with Gasteiger partial charge < -0.3 is 19.4 Å². The first kappa shape index (κ1) is 23.9. The molecule has 8 nitrogen and oxygen atoms in total. The van der Waals surface area contributed by atoms with Gasteiger partial charge in [-0.25, -0.2) is 0 Å². The zero-order chi connectivity index (χ0) is 24.7. The number of hydrogen-bond donors (Lipinski definition) is 0. The minimum atomic E-state index is -0.0292. The van der Waals surface area contributed by atoms with Gasteiger partial charge in [-0.15, -0.1) is 0 Å². The monoisotopic (exact) mass is 479 g/mol. The molecule has 3 aliphatic rings. The Kier molecular flexibility index (Phi) is 6.57. The number of fused-ring (bicyclic) bond motifs is 1. The third kappa shape index (κ3) is 4.68. The van der Waals surface area contributed by atoms with Gasteiger partial charge in [-0.1, -0.05) is 12.1 Å². The second kappa shape index (κ2) is 9.64. The number of ether oxygens (including phenoxy) is 1. The molecule has 1 aliphatic carbocycles. The lowest BCUT2D eigenvalue weighted by molar-refractivity contribution is -0.132. The minimum absolute atomic E-state index is 0.0154. The zero-order valence-corrected chi connectivity index (χ0v) is 21.4. The summed E-state index contributed by atoms with van der Waals surface area (Å²) in [7, 11) is 0. The highest BCUT2D eigenvalue weighted by atomic mass is 16.5. The summed E-state index contributed by atoms with van der Waals surface area (Å²) in [6, 6.07) is 6.41. The van der Waals surface area contributed by atoms with Crippen molar-refractivity contribution in [2.24, 2.45) is 0 Å². The lowest BCUT2D eigenvalue weighted by Crippen LogP contribution is -2.50. The quantitative estimate of drug-likeness (QED) is 0.674. The van der Waals surface area contributed by atoms with E-state index in [2.05, 4.69) is 36.9 Å². The van der Waals surface area contributed by atoms with E-state index in [0.29, 0.717) is 31.9 Å². The van der Waals surface area contributed by atoms with Crippen molar-refractivity contribution in [3.05, 3.63) is 46.3 Å². The van der Waals surface area contributed by atoms with Crippen molar-refractivity contribution < 1.29 is 14.3 Å². The molecule has 0 spiro atoms. The Morgan fingerprint density at radius 1 is 1.00 bits per heavy atom. The van der Waals surface area contributed by atoms with Crippen LogP contribution in [0.3, 0.4) is 0 Å². The van der Waals surface area contributed by atoms with Crippen molar-refractivity contribution in [3.63, 3.8) is 0 Å². The maximum Gasteiger partial charge on any atom is 0.274 e. The topological polar surface area (TPSA) is 70.9 Å². The van der Waals surface area contributed by atoms with Crippen LogP contribution in [0.5, 0.6) is 0 Å². The Labute approximate surface area is 207 Å². The number of aromatic nitrogens is 2. The average Bonchev–Trinajstić information content (AvgIpc) is 3.44. The van der Waals surface area contributed by atoms with E-state index < -0.39 is 0 Å². The number of nitrogens with zero attached hydrogens (tertiary/aromatic N) is 5. The molecule has 5 rings (SSSR count). The molecule has 2 fully saturated rings. The first-order valence-corrected chi connectivity index (χ1v) is 12.9. The van der Waals surface area contributed by atoms with Gasteiger partial charge >= 0.3 is 0 Å². The number of piperazine rings is 1. The fourth-order valence-corrected chi connectivity index (χ4v) is 5.81. The number of amides is 2. The number of rotatable bonds is 4. The van der Waals surface area contributed by atoms with Crippen LogP contribution in [0.2, 0.25) is 0 Å². The normalized spacial score (nSPS) is 22.5. The summed E-state index contributed by atoms with van der Waals surface area (Å²) in [5.74, 6) is 0.0499. The van der Waals surface area contributed by atoms with Gasteiger partial charge in [-0.3, -0.25) is 14.3 Å². The lowest BCUT2D eigenvalue weighted by Gasteiger charge is -2.37. The fraction of sp³-hybridized carbons (Fsp3) is 0.593. The molecule has 0 saturated carbocycles. The molecule has 0 unspecified atom stereocenters. The predicted molar refractivity (Wildman–Crippen MR) is 135 cm³/mol. The molecule has 2 aromatic rings. The third-order valence-corrected chi connectivity index (χ3v) is 7.75. The number of anilines is 1. The van der Waals surface area contributed by atoms with Crippen molar-refractivity contribution in [2.75, 3.05) is 44.2 Å². The highest BCUT2D eigenvalue weighted by Crippen LogP contribution is 2.28. The van der Waals surface area contributed by atoms with E-state index >= 15 is 0 Å². The van der Waals surface area contributed by atoms with Crippen LogP contribution in [0, 0.1) is 13.8 Å². The Morgan fingerprint density at radius 2 is 1.71 bits per heavy atom. The second-order valence-electron chi connectivity index (χ2n) is 10.3. The van der Waals surface area contributed by atoms with Crippen LogP contribution >= 0.6 is 0 Å². The van der Waals surface area contributed by atoms with Gasteiger partial charge in [-0.2, -0.15) is 5.10 Å². The summed E-state index contributed by atoms with van der Waals surface area (Å²) in [6.07, 6.45) is 2.77. The number of carbonyl (C=O) groups is 2. The average molecular weight is 480 g/mol. The van der Waals surface area contributed by atoms with E-state index in [0.717, 1.165) is 43.6 Å². The molecule has 2 aliphatic heterocycles. The molecule has 3 heterocycles. The maximum atomic E-state index is 13.4. The van der Waals surface area contributed by atoms with Crippen LogP contribution < -0.4 is 4.90 Å². The van der Waals surface area contributed by atoms with E-state index in [-0.39, 0.29) is 30.6 Å². The molecule has 0 bridgehead atoms. The van der Waals surface area contributed by atoms with Gasteiger partial charge in [0.25, 0.3) is 5.91 Å². The standard InChI is InChI=1S/C27H37N5O3/c1-18-7-5-9-23(21(18)4)29-11-13-30(14-12-29)25(33)17-32-24-10-6-8-22(24)26(28-32)27(34)31-15-19(2)35-20(3)16-31/h5,7,9,19-20H,6,8,10-17H2,1-4H3/t19-,20+. The van der Waals surface area contributed by atoms with Gasteiger partial charge in [0, 0.05) is 56.2 Å². The SMILES string of the molecule is Cc1cccc(N2CCN(C(=O)Cn3nc(C(=O)N4C[C@@H](C)O[C@@H](C)C4)c4c3CCC4)CC2)c1C. The van der Waals surface area contributed by atoms with E-state index in [9.17, 15) is 9.59 Å². The highest BCUT2D eigenvalue weighted by molar-refractivity contribution is 5.94. The van der Waals surface area contributed by atoms with Crippen molar-refractivity contribution >= 4 is 17.5 Å². The summed E-state index contributed by atoms with van der Waals surface area (Å²) in [5.41, 5.74) is 6.49. The molecule has 188 valence electrons. The first-order chi connectivity index (χ1) is 16.8. The molecular weight excluding hydrogens is 442 g/mol. The van der Waals surface area contributed by atoms with Gasteiger partial charge in [-0.05, 0) is 64.2 Å². The molecule has 0 radical (unpaired) electrons. The smallest absolute Gasteiger partial charge is 0.274 e. The number of carbonyl (C=O) groups excluding carboxylic acids is 2. The predicted octanol–water partition coefficient (Wildman–Crippen LogP) is 2.59. The van der Waals surface area contributed by atoms with E-state index in [1.807, 2.05) is 28.3 Å². The largest absolute Gasteiger partial charge is 0.372 e. The molecule has 35 heavy (non-hydrogen) atoms. The van der Waals surface area contributed by atoms with E-state index in [1.165, 1.54) is 16.8 Å². The third-order valence-electron chi connectivity index (χ3n) is 7.75. The fourth-order valence-electron chi connectivity index (χ4n) is 5.81. The number of benzene rings is 1. The summed E-state index contributed by atoms with van der Waals surface area (Å²) < 4.78 is 7.60. The van der Waals surface area contributed by atoms with Crippen LogP contribution in [0.4, 0.5) is 5.69 Å². The molecule has 2 atom stereocenters. The molecule has 0 N–H and O–H groups in total. The van der Waals surface area contributed by atoms with E-state index in [1.54, 1.807) is 0 Å². The Bertz CT molecular complexity index is 1110. The minimum Gasteiger partial charge on any atom is -0.372 e. The van der Waals surface area contributed by atoms with Crippen molar-refractivity contribution in [1.29, 1.82) is 0 Å². The van der Waals surface area contributed by atoms with Gasteiger partial charge in [0.05, 0.1) is 12.2 Å². The Balaban J connectivity index is 1.26. The van der Waals surface area contributed by atoms with Crippen LogP contribution in [-0.2, 0) is 28.9 Å². The van der Waals surface area contributed by atoms with Crippen LogP contribution in [0.1, 0.15) is 53.1 Å². The molecule has 1 aromatic carbocycles. The Morgan fingerprint density at radius 3 is 2.43 bits per heavy atom. The highest BCUT2D eigenvalue weighted by Gasteiger charge is 2.33. The first-order valence-electron chi connectivity index (χ1n) is 12.9. The van der Waals surface area contributed by atoms with Crippen LogP contribution in [0.25, 0.3) is 0 Å². The van der Waals surface area contributed by atoms with Gasteiger partial charge in [0.2, 0.25) is 5.91 Å². The summed E-state index contributed by atoms with van der Waals surface area (Å²) >= 11 is 0. The van der Waals surface area contributed by atoms with Crippen molar-refractivity contribution in [1.82, 2.24) is 19.6 Å². The molecule has 2 saturated heterocycles. The van der Waals surface area contributed by atoms with Crippen LogP contribution in [0.15, 0.2) is 18.2 Å². The number of morpholine rings is 1. The Hall–Kier alpha value is -2.87. The molecular formula is C27H37N5O3. The second-order valence-corrected chi connectivity index (χ2v) is 10.3. The summed E-state index contributed by atoms with van der Waals surface area (Å²) in [6.45, 7) is 12.7. The summed E-state index contributed by atoms with van der Waals surface area (Å²) in [4.78, 5) is 32.8. The van der Waals surface area contributed by atoms with Gasteiger partial charge in [0.1, 0.15) is 6.54 Å². The number of hydrogen-bond acceptors (Lipinski definition) is 5. The lowest BCUT2D eigenvalue weighted by atomic mass is 10.1. The van der Waals surface area contributed by atoms with E-state index in [4.69, 9.17) is 9.84 Å². The molecule has 1 aromatic heterocycles. The molecule has 8 heteroatoms. The van der Waals surface area contributed by atoms with Gasteiger partial charge in [0.15, 0.2) is 5.69 Å². The molecule has 2 amide bonds. The zero-order valence-electron chi connectivity index (χ0n) is 21.4. The van der Waals surface area contributed by atoms with Crippen molar-refractivity contribution in [3.8, 4) is 0 Å².